The first kappa shape index (κ1) is 15.1. The highest BCUT2D eigenvalue weighted by Gasteiger charge is 2.62. The summed E-state index contributed by atoms with van der Waals surface area (Å²) in [6, 6.07) is 6.73. The molecule has 0 spiro atoms. The third-order valence-electron chi connectivity index (χ3n) is 6.28. The summed E-state index contributed by atoms with van der Waals surface area (Å²) in [6.07, 6.45) is 6.61. The van der Waals surface area contributed by atoms with Crippen molar-refractivity contribution in [3.63, 3.8) is 0 Å². The molecule has 0 heterocycles. The second kappa shape index (κ2) is 5.15. The number of hydrogen-bond acceptors (Lipinski definition) is 3. The fourth-order valence-corrected chi connectivity index (χ4v) is 4.24. The van der Waals surface area contributed by atoms with Crippen molar-refractivity contribution in [3.8, 4) is 5.75 Å². The van der Waals surface area contributed by atoms with E-state index in [9.17, 15) is 9.90 Å². The Morgan fingerprint density at radius 3 is 2.50 bits per heavy atom. The van der Waals surface area contributed by atoms with Gasteiger partial charge in [-0.25, -0.2) is 4.79 Å². The summed E-state index contributed by atoms with van der Waals surface area (Å²) in [6.45, 7) is 6.89. The van der Waals surface area contributed by atoms with Gasteiger partial charge in [-0.05, 0) is 54.4 Å². The number of esters is 1. The molecular weight excluding hydrogens is 276 g/mol. The van der Waals surface area contributed by atoms with Crippen LogP contribution in [-0.4, -0.2) is 17.2 Å². The van der Waals surface area contributed by atoms with E-state index in [1.165, 1.54) is 12.5 Å². The molecule has 0 amide bonds. The van der Waals surface area contributed by atoms with Crippen molar-refractivity contribution < 1.29 is 14.6 Å². The van der Waals surface area contributed by atoms with Crippen LogP contribution >= 0.6 is 0 Å². The zero-order valence-corrected chi connectivity index (χ0v) is 13.5. The van der Waals surface area contributed by atoms with Crippen LogP contribution in [0.2, 0.25) is 0 Å². The second-order valence-electron chi connectivity index (χ2n) is 7.46. The number of aromatic hydroxyl groups is 1. The first-order valence-electron chi connectivity index (χ1n) is 8.01. The van der Waals surface area contributed by atoms with E-state index >= 15 is 0 Å². The van der Waals surface area contributed by atoms with E-state index in [-0.39, 0.29) is 28.7 Å². The summed E-state index contributed by atoms with van der Waals surface area (Å²) >= 11 is 0. The molecule has 1 aromatic rings. The molecule has 2 aliphatic carbocycles. The van der Waals surface area contributed by atoms with Crippen LogP contribution in [0.5, 0.6) is 5.75 Å². The molecule has 2 saturated carbocycles. The molecule has 3 nitrogen and oxygen atoms in total. The summed E-state index contributed by atoms with van der Waals surface area (Å²) in [5, 5.41) is 9.25. The standard InChI is InChI=1S/C19H24O3/c1-18(2)14-10-11-19(18,3)16(12-14)22-17(21)9-6-13-4-7-15(20)8-5-13/h4-9,14,16,20H,10-12H2,1-3H3/t14-,16-,19+/m1/s1. The first-order chi connectivity index (χ1) is 10.3. The molecule has 3 heteroatoms. The summed E-state index contributed by atoms with van der Waals surface area (Å²) in [4.78, 5) is 12.1. The molecule has 3 rings (SSSR count). The van der Waals surface area contributed by atoms with Gasteiger partial charge in [0.15, 0.2) is 0 Å². The van der Waals surface area contributed by atoms with Crippen molar-refractivity contribution in [2.75, 3.05) is 0 Å². The van der Waals surface area contributed by atoms with Crippen LogP contribution in [0.3, 0.4) is 0 Å². The molecule has 22 heavy (non-hydrogen) atoms. The quantitative estimate of drug-likeness (QED) is 0.673. The van der Waals surface area contributed by atoms with Crippen molar-refractivity contribution in [1.82, 2.24) is 0 Å². The van der Waals surface area contributed by atoms with Gasteiger partial charge >= 0.3 is 5.97 Å². The lowest BCUT2D eigenvalue weighted by atomic mass is 9.70. The number of phenols is 1. The Morgan fingerprint density at radius 1 is 1.27 bits per heavy atom. The second-order valence-corrected chi connectivity index (χ2v) is 7.46. The Hall–Kier alpha value is -1.77. The molecule has 2 fully saturated rings. The lowest BCUT2D eigenvalue weighted by molar-refractivity contribution is -0.150. The van der Waals surface area contributed by atoms with Gasteiger partial charge < -0.3 is 9.84 Å². The maximum absolute atomic E-state index is 12.1. The summed E-state index contributed by atoms with van der Waals surface area (Å²) in [5.74, 6) is 0.607. The third-order valence-corrected chi connectivity index (χ3v) is 6.28. The number of fused-ring (bicyclic) bond motifs is 2. The lowest BCUT2D eigenvalue weighted by Crippen LogP contribution is -2.38. The van der Waals surface area contributed by atoms with E-state index in [1.807, 2.05) is 0 Å². The minimum absolute atomic E-state index is 0.0261. The van der Waals surface area contributed by atoms with Gasteiger partial charge in [0.25, 0.3) is 0 Å². The molecular formula is C19H24O3. The predicted molar refractivity (Wildman–Crippen MR) is 86.2 cm³/mol. The van der Waals surface area contributed by atoms with Crippen molar-refractivity contribution in [2.24, 2.45) is 16.7 Å². The molecule has 2 aliphatic rings. The van der Waals surface area contributed by atoms with Crippen LogP contribution in [0.1, 0.15) is 45.6 Å². The normalized spacial score (nSPS) is 32.5. The number of benzene rings is 1. The van der Waals surface area contributed by atoms with E-state index in [0.717, 1.165) is 18.4 Å². The van der Waals surface area contributed by atoms with Gasteiger partial charge in [0.2, 0.25) is 0 Å². The lowest BCUT2D eigenvalue weighted by Gasteiger charge is -2.38. The van der Waals surface area contributed by atoms with Gasteiger partial charge in [-0.1, -0.05) is 32.9 Å². The van der Waals surface area contributed by atoms with Crippen molar-refractivity contribution in [3.05, 3.63) is 35.9 Å². The molecule has 118 valence electrons. The van der Waals surface area contributed by atoms with Crippen molar-refractivity contribution in [2.45, 2.75) is 46.1 Å². The van der Waals surface area contributed by atoms with Gasteiger partial charge in [0, 0.05) is 11.5 Å². The highest BCUT2D eigenvalue weighted by molar-refractivity contribution is 5.87. The number of carbonyl (C=O) groups is 1. The fourth-order valence-electron chi connectivity index (χ4n) is 4.24. The minimum atomic E-state index is -0.275. The van der Waals surface area contributed by atoms with Gasteiger partial charge in [0.05, 0.1) is 0 Å². The Balaban J connectivity index is 1.65. The molecule has 1 N–H and O–H groups in total. The Morgan fingerprint density at radius 2 is 1.95 bits per heavy atom. The molecule has 0 aliphatic heterocycles. The predicted octanol–water partition coefficient (Wildman–Crippen LogP) is 4.16. The van der Waals surface area contributed by atoms with Gasteiger partial charge in [-0.2, -0.15) is 0 Å². The molecule has 0 aromatic heterocycles. The zero-order valence-electron chi connectivity index (χ0n) is 13.5. The summed E-state index contributed by atoms with van der Waals surface area (Å²) in [7, 11) is 0. The molecule has 0 unspecified atom stereocenters. The van der Waals surface area contributed by atoms with Crippen LogP contribution < -0.4 is 0 Å². The Kier molecular flexibility index (Phi) is 3.54. The van der Waals surface area contributed by atoms with Gasteiger partial charge in [-0.15, -0.1) is 0 Å². The molecule has 1 aromatic carbocycles. The summed E-state index contributed by atoms with van der Waals surface area (Å²) in [5.41, 5.74) is 1.22. The largest absolute Gasteiger partial charge is 0.508 e. The van der Waals surface area contributed by atoms with Gasteiger partial charge in [0.1, 0.15) is 11.9 Å². The maximum Gasteiger partial charge on any atom is 0.331 e. The SMILES string of the molecule is CC1(C)[C@@H]2CC[C@@]1(C)[C@H](OC(=O)C=Cc1ccc(O)cc1)C2. The summed E-state index contributed by atoms with van der Waals surface area (Å²) < 4.78 is 5.75. The Labute approximate surface area is 132 Å². The number of phenolic OH excluding ortho intramolecular Hbond substituents is 1. The van der Waals surface area contributed by atoms with Crippen LogP contribution in [0.25, 0.3) is 6.08 Å². The molecule has 0 saturated heterocycles. The smallest absolute Gasteiger partial charge is 0.331 e. The number of carbonyl (C=O) groups excluding carboxylic acids is 1. The number of ether oxygens (including phenoxy) is 1. The monoisotopic (exact) mass is 300 g/mol. The van der Waals surface area contributed by atoms with E-state index in [2.05, 4.69) is 20.8 Å². The third kappa shape index (κ3) is 2.33. The molecule has 2 bridgehead atoms. The highest BCUT2D eigenvalue weighted by Crippen LogP contribution is 2.66. The van der Waals surface area contributed by atoms with E-state index < -0.39 is 0 Å². The fraction of sp³-hybridized carbons (Fsp3) is 0.526. The van der Waals surface area contributed by atoms with Crippen molar-refractivity contribution in [1.29, 1.82) is 0 Å². The molecule has 0 radical (unpaired) electrons. The zero-order chi connectivity index (χ0) is 16.0. The number of hydrogen-bond donors (Lipinski definition) is 1. The van der Waals surface area contributed by atoms with Crippen LogP contribution in [-0.2, 0) is 9.53 Å². The maximum atomic E-state index is 12.1. The van der Waals surface area contributed by atoms with E-state index in [0.29, 0.717) is 5.92 Å². The van der Waals surface area contributed by atoms with Crippen LogP contribution in [0, 0.1) is 16.7 Å². The van der Waals surface area contributed by atoms with E-state index in [1.54, 1.807) is 30.3 Å². The minimum Gasteiger partial charge on any atom is -0.508 e. The average Bonchev–Trinajstić information content (AvgIpc) is 2.80. The van der Waals surface area contributed by atoms with E-state index in [4.69, 9.17) is 4.74 Å². The Bertz CT molecular complexity index is 600. The first-order valence-corrected chi connectivity index (χ1v) is 8.01. The number of rotatable bonds is 3. The van der Waals surface area contributed by atoms with Crippen molar-refractivity contribution >= 4 is 12.0 Å². The van der Waals surface area contributed by atoms with Crippen LogP contribution in [0.4, 0.5) is 0 Å². The van der Waals surface area contributed by atoms with Crippen LogP contribution in [0.15, 0.2) is 30.3 Å². The highest BCUT2D eigenvalue weighted by atomic mass is 16.5. The van der Waals surface area contributed by atoms with Gasteiger partial charge in [-0.3, -0.25) is 0 Å². The average molecular weight is 300 g/mol. The molecule has 3 atom stereocenters. The topological polar surface area (TPSA) is 46.5 Å².